The molecule has 0 aromatic heterocycles. The second kappa shape index (κ2) is 10.8. The number of likely N-dealkylation sites (N-methyl/N-ethyl adjacent to an activating group) is 1. The molecule has 1 aromatic rings. The number of nitrogens with one attached hydrogen (secondary N) is 1. The van der Waals surface area contributed by atoms with Crippen molar-refractivity contribution in [1.82, 2.24) is 10.2 Å². The van der Waals surface area contributed by atoms with E-state index in [1.807, 2.05) is 6.07 Å². The Morgan fingerprint density at radius 2 is 2.08 bits per heavy atom. The Bertz CT molecular complexity index is 545. The highest BCUT2D eigenvalue weighted by Gasteiger charge is 2.25. The molecule has 3 N–H and O–H groups in total. The summed E-state index contributed by atoms with van der Waals surface area (Å²) in [6.07, 6.45) is 2.32. The average molecular weight is 426 g/mol. The number of nitrogens with zero attached hydrogens (tertiary/aromatic N) is 1. The first kappa shape index (κ1) is 23.0. The molecule has 1 saturated heterocycles. The molecule has 1 fully saturated rings. The zero-order chi connectivity index (χ0) is 16.1. The second-order valence-corrected chi connectivity index (χ2v) is 6.15. The van der Waals surface area contributed by atoms with Gasteiger partial charge in [0.2, 0.25) is 0 Å². The van der Waals surface area contributed by atoms with Gasteiger partial charge in [0.1, 0.15) is 17.1 Å². The summed E-state index contributed by atoms with van der Waals surface area (Å²) >= 11 is 3.41. The van der Waals surface area contributed by atoms with Crippen molar-refractivity contribution >= 4 is 34.2 Å². The molecule has 1 amide bonds. The van der Waals surface area contributed by atoms with E-state index in [0.29, 0.717) is 29.6 Å². The fraction of sp³-hybridized carbons (Fsp3) is 0.562. The summed E-state index contributed by atoms with van der Waals surface area (Å²) in [7, 11) is 3.10. The number of likely N-dealkylation sites (tertiary alicyclic amines) is 1. The Morgan fingerprint density at radius 3 is 2.67 bits per heavy atom. The van der Waals surface area contributed by atoms with Gasteiger partial charge < -0.3 is 20.3 Å². The van der Waals surface area contributed by atoms with Crippen LogP contribution in [0.15, 0.2) is 16.6 Å². The highest BCUT2D eigenvalue weighted by molar-refractivity contribution is 9.10. The molecule has 1 atom stereocenters. The standard InChI is InChI=1S/C16H23BrN2O3.ClH.H2O/c1-4-19-9-5-6-11(19)10-18-16(20)14-13(21-2)8-7-12(17)15(14)22-3;;/h7-8,11H,4-6,9-10H2,1-3H3,(H,18,20);1H;1H2. The van der Waals surface area contributed by atoms with Gasteiger partial charge in [-0.15, -0.1) is 12.4 Å². The van der Waals surface area contributed by atoms with Gasteiger partial charge in [-0.1, -0.05) is 6.92 Å². The number of methoxy groups -OCH3 is 2. The van der Waals surface area contributed by atoms with Crippen molar-refractivity contribution in [2.75, 3.05) is 33.9 Å². The molecule has 8 heteroatoms. The summed E-state index contributed by atoms with van der Waals surface area (Å²) in [4.78, 5) is 15.0. The number of hydrogen-bond acceptors (Lipinski definition) is 4. The molecule has 138 valence electrons. The van der Waals surface area contributed by atoms with E-state index in [9.17, 15) is 4.79 Å². The van der Waals surface area contributed by atoms with Gasteiger partial charge in [0.05, 0.1) is 18.7 Å². The lowest BCUT2D eigenvalue weighted by Gasteiger charge is -2.23. The molecular formula is C16H26BrClN2O4. The van der Waals surface area contributed by atoms with Gasteiger partial charge in [0.25, 0.3) is 5.91 Å². The predicted molar refractivity (Wildman–Crippen MR) is 101 cm³/mol. The fourth-order valence-electron chi connectivity index (χ4n) is 2.97. The second-order valence-electron chi connectivity index (χ2n) is 5.29. The van der Waals surface area contributed by atoms with Crippen molar-refractivity contribution in [2.45, 2.75) is 25.8 Å². The summed E-state index contributed by atoms with van der Waals surface area (Å²) in [6.45, 7) is 4.93. The molecule has 0 aliphatic carbocycles. The molecule has 0 spiro atoms. The minimum Gasteiger partial charge on any atom is -0.496 e. The average Bonchev–Trinajstić information content (AvgIpc) is 2.99. The number of ether oxygens (including phenoxy) is 2. The molecular weight excluding hydrogens is 400 g/mol. The van der Waals surface area contributed by atoms with Crippen LogP contribution in [0.4, 0.5) is 0 Å². The van der Waals surface area contributed by atoms with E-state index >= 15 is 0 Å². The summed E-state index contributed by atoms with van der Waals surface area (Å²) in [5.74, 6) is 0.838. The van der Waals surface area contributed by atoms with Crippen LogP contribution >= 0.6 is 28.3 Å². The zero-order valence-electron chi connectivity index (χ0n) is 14.2. The SMILES string of the molecule is CCN1CCCC1CNC(=O)c1c(OC)ccc(Br)c1OC.Cl.O. The van der Waals surface area contributed by atoms with E-state index in [2.05, 4.69) is 33.1 Å². The van der Waals surface area contributed by atoms with Crippen LogP contribution in [0.2, 0.25) is 0 Å². The molecule has 1 aliphatic rings. The van der Waals surface area contributed by atoms with Gasteiger partial charge in [0, 0.05) is 12.6 Å². The van der Waals surface area contributed by atoms with Gasteiger partial charge >= 0.3 is 0 Å². The number of carbonyl (C=O) groups excluding carboxylic acids is 1. The topological polar surface area (TPSA) is 82.3 Å². The van der Waals surface area contributed by atoms with Crippen molar-refractivity contribution in [3.05, 3.63) is 22.2 Å². The largest absolute Gasteiger partial charge is 0.496 e. The molecule has 0 radical (unpaired) electrons. The number of hydrogen-bond donors (Lipinski definition) is 1. The van der Waals surface area contributed by atoms with Crippen LogP contribution in [0.25, 0.3) is 0 Å². The van der Waals surface area contributed by atoms with Crippen molar-refractivity contribution in [3.8, 4) is 11.5 Å². The van der Waals surface area contributed by atoms with Gasteiger partial charge in [0.15, 0.2) is 0 Å². The van der Waals surface area contributed by atoms with Crippen LogP contribution in [0.1, 0.15) is 30.1 Å². The minimum absolute atomic E-state index is 0. The quantitative estimate of drug-likeness (QED) is 0.758. The van der Waals surface area contributed by atoms with Crippen LogP contribution in [-0.4, -0.2) is 56.2 Å². The van der Waals surface area contributed by atoms with Gasteiger partial charge in [-0.25, -0.2) is 0 Å². The highest BCUT2D eigenvalue weighted by Crippen LogP contribution is 2.35. The molecule has 6 nitrogen and oxygen atoms in total. The molecule has 0 saturated carbocycles. The molecule has 1 heterocycles. The summed E-state index contributed by atoms with van der Waals surface area (Å²) in [5.41, 5.74) is 0.431. The van der Waals surface area contributed by atoms with Gasteiger partial charge in [-0.2, -0.15) is 0 Å². The maximum Gasteiger partial charge on any atom is 0.258 e. The first-order valence-corrected chi connectivity index (χ1v) is 8.34. The van der Waals surface area contributed by atoms with Crippen LogP contribution in [0, 0.1) is 0 Å². The van der Waals surface area contributed by atoms with E-state index in [-0.39, 0.29) is 23.8 Å². The lowest BCUT2D eigenvalue weighted by atomic mass is 10.1. The van der Waals surface area contributed by atoms with E-state index in [1.165, 1.54) is 6.42 Å². The lowest BCUT2D eigenvalue weighted by Crippen LogP contribution is -2.40. The first-order chi connectivity index (χ1) is 10.6. The monoisotopic (exact) mass is 424 g/mol. The molecule has 1 aliphatic heterocycles. The van der Waals surface area contributed by atoms with Crippen molar-refractivity contribution in [2.24, 2.45) is 0 Å². The van der Waals surface area contributed by atoms with Crippen LogP contribution < -0.4 is 14.8 Å². The van der Waals surface area contributed by atoms with Crippen molar-refractivity contribution in [3.63, 3.8) is 0 Å². The van der Waals surface area contributed by atoms with Crippen LogP contribution in [0.5, 0.6) is 11.5 Å². The third-order valence-electron chi connectivity index (χ3n) is 4.13. The summed E-state index contributed by atoms with van der Waals surface area (Å²) in [6, 6.07) is 3.98. The van der Waals surface area contributed by atoms with E-state index in [4.69, 9.17) is 9.47 Å². The number of amides is 1. The molecule has 2 rings (SSSR count). The number of rotatable bonds is 6. The number of carbonyl (C=O) groups is 1. The number of benzene rings is 1. The molecule has 0 bridgehead atoms. The Kier molecular flexibility index (Phi) is 10.3. The van der Waals surface area contributed by atoms with Crippen LogP contribution in [-0.2, 0) is 0 Å². The predicted octanol–water partition coefficient (Wildman–Crippen LogP) is 2.28. The maximum absolute atomic E-state index is 12.6. The lowest BCUT2D eigenvalue weighted by molar-refractivity contribution is 0.0935. The summed E-state index contributed by atoms with van der Waals surface area (Å²) < 4.78 is 11.4. The van der Waals surface area contributed by atoms with Crippen LogP contribution in [0.3, 0.4) is 0 Å². The zero-order valence-corrected chi connectivity index (χ0v) is 16.6. The summed E-state index contributed by atoms with van der Waals surface area (Å²) in [5, 5.41) is 3.02. The Morgan fingerprint density at radius 1 is 1.38 bits per heavy atom. The minimum atomic E-state index is -0.169. The van der Waals surface area contributed by atoms with E-state index in [0.717, 1.165) is 24.0 Å². The van der Waals surface area contributed by atoms with E-state index < -0.39 is 0 Å². The normalized spacial score (nSPS) is 16.8. The smallest absolute Gasteiger partial charge is 0.258 e. The third-order valence-corrected chi connectivity index (χ3v) is 4.75. The Labute approximate surface area is 157 Å². The maximum atomic E-state index is 12.6. The van der Waals surface area contributed by atoms with Crippen molar-refractivity contribution < 1.29 is 19.7 Å². The Balaban J connectivity index is 0.00000264. The highest BCUT2D eigenvalue weighted by atomic mass is 79.9. The van der Waals surface area contributed by atoms with E-state index in [1.54, 1.807) is 20.3 Å². The first-order valence-electron chi connectivity index (χ1n) is 7.55. The van der Waals surface area contributed by atoms with Gasteiger partial charge in [-0.3, -0.25) is 9.69 Å². The van der Waals surface area contributed by atoms with Crippen molar-refractivity contribution in [1.29, 1.82) is 0 Å². The number of halogens is 2. The third kappa shape index (κ3) is 4.99. The molecule has 24 heavy (non-hydrogen) atoms. The molecule has 1 unspecified atom stereocenters. The Hall–Kier alpha value is -1.02. The fourth-order valence-corrected chi connectivity index (χ4v) is 3.46. The van der Waals surface area contributed by atoms with Gasteiger partial charge in [-0.05, 0) is 54.0 Å². The molecule has 1 aromatic carbocycles.